The van der Waals surface area contributed by atoms with Crippen LogP contribution in [0.3, 0.4) is 0 Å². The Morgan fingerprint density at radius 2 is 0.676 bits per heavy atom. The number of rotatable bonds is 25. The maximum Gasteiger partial charge on any atom is 0.0900 e. The summed E-state index contributed by atoms with van der Waals surface area (Å²) in [5.74, 6) is 17.4. The van der Waals surface area contributed by atoms with Crippen LogP contribution in [0.2, 0.25) is 0 Å². The Kier molecular flexibility index (Phi) is 14.7. The van der Waals surface area contributed by atoms with Gasteiger partial charge in [-0.05, 0) is 0 Å². The van der Waals surface area contributed by atoms with Crippen molar-refractivity contribution in [2.45, 2.75) is 24.4 Å². The van der Waals surface area contributed by atoms with Crippen LogP contribution in [0.4, 0.5) is 0 Å². The minimum absolute atomic E-state index is 0.415. The van der Waals surface area contributed by atoms with Crippen LogP contribution in [0.5, 0.6) is 0 Å². The Bertz CT molecular complexity index is 486. The zero-order chi connectivity index (χ0) is 23.3. The van der Waals surface area contributed by atoms with Gasteiger partial charge in [0, 0.05) is 86.0 Å². The normalized spacial score (nSPS) is 28.6. The minimum Gasteiger partial charge on any atom is -0.372 e. The highest BCUT2D eigenvalue weighted by Crippen LogP contribution is 2.37. The van der Waals surface area contributed by atoms with Gasteiger partial charge in [-0.15, -0.1) is 0 Å². The third kappa shape index (κ3) is 14.4. The van der Waals surface area contributed by atoms with Crippen molar-refractivity contribution in [3.05, 3.63) is 0 Å². The maximum atomic E-state index is 5.50. The number of ether oxygens (including phenoxy) is 4. The van der Waals surface area contributed by atoms with Crippen LogP contribution in [0.15, 0.2) is 0 Å². The summed E-state index contributed by atoms with van der Waals surface area (Å²) in [4.78, 5) is 0. The van der Waals surface area contributed by atoms with Crippen molar-refractivity contribution in [1.29, 1.82) is 0 Å². The summed E-state index contributed by atoms with van der Waals surface area (Å²) in [5.41, 5.74) is 0.415. The molecule has 4 unspecified atom stereocenters. The summed E-state index contributed by atoms with van der Waals surface area (Å²) in [5, 5.41) is 0. The fourth-order valence-electron chi connectivity index (χ4n) is 3.18. The molecule has 4 nitrogen and oxygen atoms in total. The topological polar surface area (TPSA) is 50.1 Å². The third-order valence-corrected chi connectivity index (χ3v) is 15.0. The standard InChI is InChI=1S/C23H40O4S7/c1(28-11-19-7-24-19)4-31-15-23(18-34-14-22-10-27-22,16-32-5-2-29-12-20-8-25-20)17-33-6-3-30-13-21-9-26-21/h19-22H,1-18H2. The molecular formula is C23H40O4S7. The highest BCUT2D eigenvalue weighted by molar-refractivity contribution is 8.04. The van der Waals surface area contributed by atoms with Crippen molar-refractivity contribution in [3.8, 4) is 0 Å². The Balaban J connectivity index is 1.17. The molecule has 0 aliphatic carbocycles. The van der Waals surface area contributed by atoms with E-state index >= 15 is 0 Å². The van der Waals surface area contributed by atoms with Gasteiger partial charge in [0.05, 0.1) is 50.8 Å². The van der Waals surface area contributed by atoms with Crippen LogP contribution < -0.4 is 0 Å². The van der Waals surface area contributed by atoms with Gasteiger partial charge in [-0.1, -0.05) is 0 Å². The van der Waals surface area contributed by atoms with Crippen LogP contribution >= 0.6 is 82.3 Å². The third-order valence-electron chi connectivity index (χ3n) is 5.57. The number of hydrogen-bond acceptors (Lipinski definition) is 11. The van der Waals surface area contributed by atoms with Crippen molar-refractivity contribution in [2.24, 2.45) is 5.41 Å². The molecule has 4 heterocycles. The Morgan fingerprint density at radius 3 is 1.00 bits per heavy atom. The van der Waals surface area contributed by atoms with Crippen LogP contribution in [-0.4, -0.2) is 131 Å². The lowest BCUT2D eigenvalue weighted by atomic mass is 9.99. The van der Waals surface area contributed by atoms with Gasteiger partial charge in [0.1, 0.15) is 0 Å². The molecule has 0 aromatic carbocycles. The smallest absolute Gasteiger partial charge is 0.0900 e. The van der Waals surface area contributed by atoms with Crippen molar-refractivity contribution >= 4 is 82.3 Å². The molecule has 198 valence electrons. The van der Waals surface area contributed by atoms with Crippen LogP contribution in [0, 0.1) is 5.41 Å². The average Bonchev–Trinajstić information content (AvgIpc) is 3.66. The second-order valence-corrected chi connectivity index (χ2v) is 17.0. The molecule has 0 aromatic rings. The number of epoxide rings is 4. The van der Waals surface area contributed by atoms with Gasteiger partial charge in [-0.2, -0.15) is 82.3 Å². The van der Waals surface area contributed by atoms with Gasteiger partial charge < -0.3 is 18.9 Å². The predicted octanol–water partition coefficient (Wildman–Crippen LogP) is 4.70. The predicted molar refractivity (Wildman–Crippen MR) is 163 cm³/mol. The first-order valence-electron chi connectivity index (χ1n) is 12.3. The zero-order valence-corrected chi connectivity index (χ0v) is 25.7. The zero-order valence-electron chi connectivity index (χ0n) is 20.0. The van der Waals surface area contributed by atoms with Gasteiger partial charge in [0.2, 0.25) is 0 Å². The molecule has 0 radical (unpaired) electrons. The molecule has 4 rings (SSSR count). The van der Waals surface area contributed by atoms with E-state index < -0.39 is 0 Å². The van der Waals surface area contributed by atoms with E-state index in [2.05, 4.69) is 82.3 Å². The monoisotopic (exact) mass is 604 g/mol. The molecule has 0 saturated carbocycles. The van der Waals surface area contributed by atoms with E-state index in [9.17, 15) is 0 Å². The van der Waals surface area contributed by atoms with Gasteiger partial charge >= 0.3 is 0 Å². The molecule has 4 aliphatic rings. The lowest BCUT2D eigenvalue weighted by Gasteiger charge is -2.33. The van der Waals surface area contributed by atoms with E-state index in [4.69, 9.17) is 18.9 Å². The second-order valence-electron chi connectivity index (χ2n) is 9.22. The minimum atomic E-state index is 0.415. The molecule has 0 N–H and O–H groups in total. The van der Waals surface area contributed by atoms with Crippen molar-refractivity contribution in [1.82, 2.24) is 0 Å². The maximum absolute atomic E-state index is 5.50. The molecule has 0 amide bonds. The van der Waals surface area contributed by atoms with Crippen LogP contribution in [0.25, 0.3) is 0 Å². The Morgan fingerprint density at radius 1 is 0.412 bits per heavy atom. The molecule has 0 aromatic heterocycles. The first-order chi connectivity index (χ1) is 16.8. The largest absolute Gasteiger partial charge is 0.372 e. The summed E-state index contributed by atoms with van der Waals surface area (Å²) in [6.07, 6.45) is 2.18. The van der Waals surface area contributed by atoms with E-state index in [0.717, 1.165) is 26.4 Å². The Hall–Kier alpha value is 2.29. The molecule has 4 atom stereocenters. The molecule has 4 aliphatic heterocycles. The van der Waals surface area contributed by atoms with Gasteiger partial charge in [-0.3, -0.25) is 0 Å². The number of thioether (sulfide) groups is 7. The molecule has 11 heteroatoms. The van der Waals surface area contributed by atoms with Gasteiger partial charge in [0.15, 0.2) is 0 Å². The van der Waals surface area contributed by atoms with Crippen molar-refractivity contribution in [2.75, 3.05) is 107 Å². The van der Waals surface area contributed by atoms with Crippen molar-refractivity contribution < 1.29 is 18.9 Å². The SMILES string of the molecule is C(CSCC(CSCCSCC1CO1)(CSCCSCC1CO1)CSCC1CO1)SCC1CO1. The summed E-state index contributed by atoms with van der Waals surface area (Å²) in [6.45, 7) is 3.93. The molecule has 4 fully saturated rings. The first kappa shape index (κ1) is 29.3. The quantitative estimate of drug-likeness (QED) is 0.108. The van der Waals surface area contributed by atoms with E-state index in [0.29, 0.717) is 29.8 Å². The van der Waals surface area contributed by atoms with Gasteiger partial charge in [0.25, 0.3) is 0 Å². The first-order valence-corrected chi connectivity index (χ1v) is 20.4. The molecule has 34 heavy (non-hydrogen) atoms. The highest BCUT2D eigenvalue weighted by Gasteiger charge is 2.32. The number of hydrogen-bond donors (Lipinski definition) is 0. The molecule has 4 saturated heterocycles. The molecular weight excluding hydrogens is 565 g/mol. The summed E-state index contributed by atoms with van der Waals surface area (Å²) < 4.78 is 21.6. The van der Waals surface area contributed by atoms with Crippen LogP contribution in [0.1, 0.15) is 0 Å². The Labute approximate surface area is 236 Å². The lowest BCUT2D eigenvalue weighted by Crippen LogP contribution is -2.34. The van der Waals surface area contributed by atoms with E-state index in [1.54, 1.807) is 0 Å². The van der Waals surface area contributed by atoms with E-state index in [1.165, 1.54) is 80.5 Å². The molecule has 0 spiro atoms. The fraction of sp³-hybridized carbons (Fsp3) is 1.00. The summed E-state index contributed by atoms with van der Waals surface area (Å²) >= 11 is 14.9. The van der Waals surface area contributed by atoms with E-state index in [1.807, 2.05) is 0 Å². The second kappa shape index (κ2) is 17.1. The van der Waals surface area contributed by atoms with Crippen molar-refractivity contribution in [3.63, 3.8) is 0 Å². The van der Waals surface area contributed by atoms with E-state index in [-0.39, 0.29) is 0 Å². The fourth-order valence-corrected chi connectivity index (χ4v) is 12.6. The highest BCUT2D eigenvalue weighted by atomic mass is 32.2. The average molecular weight is 605 g/mol. The summed E-state index contributed by atoms with van der Waals surface area (Å²) in [7, 11) is 0. The van der Waals surface area contributed by atoms with Crippen LogP contribution in [-0.2, 0) is 18.9 Å². The molecule has 0 bridgehead atoms. The van der Waals surface area contributed by atoms with Gasteiger partial charge in [-0.25, -0.2) is 0 Å². The lowest BCUT2D eigenvalue weighted by molar-refractivity contribution is 0.425. The summed E-state index contributed by atoms with van der Waals surface area (Å²) in [6, 6.07) is 0.